The maximum Gasteiger partial charge on any atom is 0.303 e. The average molecular weight is 269 g/mol. The van der Waals surface area contributed by atoms with Crippen LogP contribution in [0.25, 0.3) is 0 Å². The highest BCUT2D eigenvalue weighted by Gasteiger charge is 2.19. The Morgan fingerprint density at radius 1 is 1.16 bits per heavy atom. The third kappa shape index (κ3) is 6.60. The normalized spacial score (nSPS) is 20.1. The number of carbonyl (C=O) groups is 2. The van der Waals surface area contributed by atoms with Gasteiger partial charge in [-0.05, 0) is 38.0 Å². The maximum atomic E-state index is 12.0. The number of unbranched alkanes of at least 4 members (excludes halogenated alkanes) is 1. The predicted octanol–water partition coefficient (Wildman–Crippen LogP) is 3.06. The molecule has 1 aliphatic rings. The molecule has 1 aliphatic heterocycles. The van der Waals surface area contributed by atoms with Gasteiger partial charge in [0.1, 0.15) is 0 Å². The van der Waals surface area contributed by atoms with Crippen LogP contribution in [0.4, 0.5) is 0 Å². The second kappa shape index (κ2) is 8.94. The number of hydrogen-bond acceptors (Lipinski definition) is 2. The first-order chi connectivity index (χ1) is 9.13. The van der Waals surface area contributed by atoms with Crippen LogP contribution in [0.5, 0.6) is 0 Å². The molecule has 0 spiro atoms. The Morgan fingerprint density at radius 2 is 1.89 bits per heavy atom. The topological polar surface area (TPSA) is 57.6 Å². The summed E-state index contributed by atoms with van der Waals surface area (Å²) >= 11 is 0. The zero-order valence-electron chi connectivity index (χ0n) is 12.1. The fourth-order valence-corrected chi connectivity index (χ4v) is 2.82. The van der Waals surface area contributed by atoms with Crippen molar-refractivity contribution in [1.29, 1.82) is 0 Å². The molecule has 1 unspecified atom stereocenters. The summed E-state index contributed by atoms with van der Waals surface area (Å²) < 4.78 is 0. The summed E-state index contributed by atoms with van der Waals surface area (Å²) in [5, 5.41) is 8.55. The minimum Gasteiger partial charge on any atom is -0.481 e. The molecule has 19 heavy (non-hydrogen) atoms. The highest BCUT2D eigenvalue weighted by molar-refractivity contribution is 5.76. The van der Waals surface area contributed by atoms with Crippen LogP contribution in [0, 0.1) is 5.92 Å². The Morgan fingerprint density at radius 3 is 2.58 bits per heavy atom. The highest BCUT2D eigenvalue weighted by Crippen LogP contribution is 2.22. The Labute approximate surface area is 116 Å². The van der Waals surface area contributed by atoms with Gasteiger partial charge in [0.2, 0.25) is 5.91 Å². The lowest BCUT2D eigenvalue weighted by Crippen LogP contribution is -2.31. The van der Waals surface area contributed by atoms with E-state index in [1.165, 1.54) is 19.3 Å². The number of likely N-dealkylation sites (tertiary alicyclic amines) is 1. The van der Waals surface area contributed by atoms with Crippen LogP contribution in [0.3, 0.4) is 0 Å². The van der Waals surface area contributed by atoms with Crippen LogP contribution < -0.4 is 0 Å². The Bertz CT molecular complexity index is 291. The Hall–Kier alpha value is -1.06. The van der Waals surface area contributed by atoms with Gasteiger partial charge >= 0.3 is 5.97 Å². The van der Waals surface area contributed by atoms with Gasteiger partial charge in [-0.15, -0.1) is 0 Å². The van der Waals surface area contributed by atoms with Gasteiger partial charge in [0.15, 0.2) is 0 Å². The molecule has 1 saturated heterocycles. The molecule has 0 aromatic rings. The van der Waals surface area contributed by atoms with Crippen LogP contribution >= 0.6 is 0 Å². The van der Waals surface area contributed by atoms with E-state index in [0.29, 0.717) is 19.3 Å². The number of hydrogen-bond donors (Lipinski definition) is 1. The average Bonchev–Trinajstić information content (AvgIpc) is 2.60. The van der Waals surface area contributed by atoms with Gasteiger partial charge in [-0.3, -0.25) is 9.59 Å². The monoisotopic (exact) mass is 269 g/mol. The number of aliphatic carboxylic acids is 1. The third-order valence-corrected chi connectivity index (χ3v) is 3.93. The molecule has 1 fully saturated rings. The molecule has 0 radical (unpaired) electrons. The van der Waals surface area contributed by atoms with E-state index in [4.69, 9.17) is 5.11 Å². The van der Waals surface area contributed by atoms with Gasteiger partial charge in [0, 0.05) is 25.9 Å². The number of amides is 1. The van der Waals surface area contributed by atoms with E-state index in [0.717, 1.165) is 31.8 Å². The molecule has 1 N–H and O–H groups in total. The quantitative estimate of drug-likeness (QED) is 0.723. The van der Waals surface area contributed by atoms with Crippen molar-refractivity contribution in [2.75, 3.05) is 13.1 Å². The molecule has 1 amide bonds. The first kappa shape index (κ1) is 16.0. The Balaban J connectivity index is 2.23. The molecule has 0 saturated carbocycles. The van der Waals surface area contributed by atoms with Gasteiger partial charge < -0.3 is 10.0 Å². The van der Waals surface area contributed by atoms with Crippen LogP contribution in [0.15, 0.2) is 0 Å². The largest absolute Gasteiger partial charge is 0.481 e. The number of nitrogens with zero attached hydrogens (tertiary/aromatic N) is 1. The summed E-state index contributed by atoms with van der Waals surface area (Å²) in [6, 6.07) is 0. The molecule has 0 aromatic heterocycles. The lowest BCUT2D eigenvalue weighted by atomic mass is 9.96. The molecule has 0 aliphatic carbocycles. The minimum absolute atomic E-state index is 0.172. The van der Waals surface area contributed by atoms with E-state index in [9.17, 15) is 9.59 Å². The molecule has 1 heterocycles. The molecule has 110 valence electrons. The van der Waals surface area contributed by atoms with Crippen molar-refractivity contribution in [1.82, 2.24) is 4.90 Å². The zero-order chi connectivity index (χ0) is 14.1. The summed E-state index contributed by atoms with van der Waals surface area (Å²) in [6.45, 7) is 4.00. The zero-order valence-corrected chi connectivity index (χ0v) is 12.1. The van der Waals surface area contributed by atoms with Crippen molar-refractivity contribution >= 4 is 11.9 Å². The summed E-state index contributed by atoms with van der Waals surface area (Å²) in [5.41, 5.74) is 0. The van der Waals surface area contributed by atoms with Crippen LogP contribution in [-0.4, -0.2) is 35.0 Å². The van der Waals surface area contributed by atoms with E-state index in [2.05, 4.69) is 6.92 Å². The van der Waals surface area contributed by atoms with Crippen molar-refractivity contribution in [3.63, 3.8) is 0 Å². The summed E-state index contributed by atoms with van der Waals surface area (Å²) in [4.78, 5) is 24.4. The van der Waals surface area contributed by atoms with E-state index in [-0.39, 0.29) is 12.3 Å². The number of carboxylic acid groups (broad SMARTS) is 1. The van der Waals surface area contributed by atoms with Crippen molar-refractivity contribution in [2.24, 2.45) is 5.92 Å². The third-order valence-electron chi connectivity index (χ3n) is 3.93. The molecule has 4 nitrogen and oxygen atoms in total. The van der Waals surface area contributed by atoms with Crippen LogP contribution in [-0.2, 0) is 9.59 Å². The lowest BCUT2D eigenvalue weighted by Gasteiger charge is -2.20. The van der Waals surface area contributed by atoms with Gasteiger partial charge in [-0.25, -0.2) is 0 Å². The van der Waals surface area contributed by atoms with Crippen molar-refractivity contribution in [3.8, 4) is 0 Å². The molecule has 4 heteroatoms. The fourth-order valence-electron chi connectivity index (χ4n) is 2.82. The minimum atomic E-state index is -0.773. The van der Waals surface area contributed by atoms with Gasteiger partial charge in [0.05, 0.1) is 0 Å². The van der Waals surface area contributed by atoms with E-state index in [1.54, 1.807) is 0 Å². The SMILES string of the molecule is CCCC1CCCN(C(=O)CCCCC(=O)O)CC1. The standard InChI is InChI=1S/C15H27NO3/c1-2-6-13-7-5-11-16(12-10-13)14(17)8-3-4-9-15(18)19/h13H,2-12H2,1H3,(H,18,19). The van der Waals surface area contributed by atoms with E-state index >= 15 is 0 Å². The van der Waals surface area contributed by atoms with Gasteiger partial charge in [-0.1, -0.05) is 19.8 Å². The summed E-state index contributed by atoms with van der Waals surface area (Å²) in [7, 11) is 0. The number of rotatable bonds is 7. The summed E-state index contributed by atoms with van der Waals surface area (Å²) in [5.74, 6) is 0.224. The second-order valence-electron chi connectivity index (χ2n) is 5.57. The number of carbonyl (C=O) groups excluding carboxylic acids is 1. The molecule has 0 bridgehead atoms. The van der Waals surface area contributed by atoms with Crippen molar-refractivity contribution < 1.29 is 14.7 Å². The van der Waals surface area contributed by atoms with Crippen LogP contribution in [0.1, 0.15) is 64.7 Å². The van der Waals surface area contributed by atoms with Crippen LogP contribution in [0.2, 0.25) is 0 Å². The molecule has 1 rings (SSSR count). The maximum absolute atomic E-state index is 12.0. The highest BCUT2D eigenvalue weighted by atomic mass is 16.4. The second-order valence-corrected chi connectivity index (χ2v) is 5.57. The van der Waals surface area contributed by atoms with Crippen molar-refractivity contribution in [2.45, 2.75) is 64.7 Å². The molecule has 1 atom stereocenters. The fraction of sp³-hybridized carbons (Fsp3) is 0.867. The van der Waals surface area contributed by atoms with Gasteiger partial charge in [-0.2, -0.15) is 0 Å². The lowest BCUT2D eigenvalue weighted by molar-refractivity contribution is -0.137. The smallest absolute Gasteiger partial charge is 0.303 e. The summed E-state index contributed by atoms with van der Waals surface area (Å²) in [6.07, 6.45) is 7.98. The molecule has 0 aromatic carbocycles. The van der Waals surface area contributed by atoms with E-state index in [1.807, 2.05) is 4.90 Å². The first-order valence-corrected chi connectivity index (χ1v) is 7.63. The van der Waals surface area contributed by atoms with E-state index < -0.39 is 5.97 Å². The van der Waals surface area contributed by atoms with Crippen molar-refractivity contribution in [3.05, 3.63) is 0 Å². The predicted molar refractivity (Wildman–Crippen MR) is 74.9 cm³/mol. The molecular formula is C15H27NO3. The Kier molecular flexibility index (Phi) is 7.53. The molecular weight excluding hydrogens is 242 g/mol. The first-order valence-electron chi connectivity index (χ1n) is 7.63. The number of carboxylic acids is 1. The van der Waals surface area contributed by atoms with Gasteiger partial charge in [0.25, 0.3) is 0 Å².